The van der Waals surface area contributed by atoms with Crippen molar-refractivity contribution in [1.82, 2.24) is 4.98 Å². The number of ether oxygens (including phenoxy) is 2. The fraction of sp³-hybridized carbons (Fsp3) is 0.238. The molecule has 0 aliphatic carbocycles. The van der Waals surface area contributed by atoms with Gasteiger partial charge in [0.15, 0.2) is 0 Å². The van der Waals surface area contributed by atoms with E-state index in [-0.39, 0.29) is 0 Å². The first kappa shape index (κ1) is 18.9. The summed E-state index contributed by atoms with van der Waals surface area (Å²) in [6, 6.07) is 15.7. The molecule has 2 aromatic carbocycles. The maximum absolute atomic E-state index is 5.84. The minimum Gasteiger partial charge on any atom is -0.497 e. The van der Waals surface area contributed by atoms with Gasteiger partial charge in [-0.2, -0.15) is 5.10 Å². The van der Waals surface area contributed by atoms with E-state index in [4.69, 9.17) is 9.47 Å². The Morgan fingerprint density at radius 1 is 1.15 bits per heavy atom. The van der Waals surface area contributed by atoms with Crippen molar-refractivity contribution in [3.8, 4) is 22.8 Å². The van der Waals surface area contributed by atoms with Crippen LogP contribution in [0.3, 0.4) is 0 Å². The van der Waals surface area contributed by atoms with Crippen LogP contribution >= 0.6 is 11.3 Å². The highest BCUT2D eigenvalue weighted by atomic mass is 32.1. The monoisotopic (exact) mass is 381 g/mol. The van der Waals surface area contributed by atoms with E-state index in [0.29, 0.717) is 12.5 Å². The molecule has 0 fully saturated rings. The fourth-order valence-corrected chi connectivity index (χ4v) is 3.02. The first-order valence-electron chi connectivity index (χ1n) is 8.76. The molecule has 0 spiro atoms. The maximum Gasteiger partial charge on any atom is 0.203 e. The van der Waals surface area contributed by atoms with Crippen LogP contribution in [0.1, 0.15) is 19.4 Å². The largest absolute Gasteiger partial charge is 0.497 e. The average Bonchev–Trinajstić information content (AvgIpc) is 3.16. The van der Waals surface area contributed by atoms with Crippen LogP contribution in [-0.2, 0) is 0 Å². The Balaban J connectivity index is 1.64. The van der Waals surface area contributed by atoms with Gasteiger partial charge in [-0.1, -0.05) is 26.0 Å². The van der Waals surface area contributed by atoms with Gasteiger partial charge in [-0.15, -0.1) is 11.3 Å². The van der Waals surface area contributed by atoms with Gasteiger partial charge < -0.3 is 9.47 Å². The number of nitrogens with one attached hydrogen (secondary N) is 1. The Bertz CT molecular complexity index is 888. The highest BCUT2D eigenvalue weighted by Gasteiger charge is 2.05. The third kappa shape index (κ3) is 5.31. The summed E-state index contributed by atoms with van der Waals surface area (Å²) in [5.74, 6) is 2.13. The molecule has 5 nitrogen and oxygen atoms in total. The number of rotatable bonds is 8. The Labute approximate surface area is 163 Å². The zero-order chi connectivity index (χ0) is 19.1. The topological polar surface area (TPSA) is 55.7 Å². The number of benzene rings is 2. The molecular weight excluding hydrogens is 358 g/mol. The highest BCUT2D eigenvalue weighted by molar-refractivity contribution is 7.14. The summed E-state index contributed by atoms with van der Waals surface area (Å²) in [4.78, 5) is 4.57. The summed E-state index contributed by atoms with van der Waals surface area (Å²) >= 11 is 1.51. The molecule has 0 amide bonds. The van der Waals surface area contributed by atoms with Crippen molar-refractivity contribution >= 4 is 22.7 Å². The van der Waals surface area contributed by atoms with Crippen molar-refractivity contribution in [2.24, 2.45) is 11.0 Å². The van der Waals surface area contributed by atoms with E-state index in [2.05, 4.69) is 29.4 Å². The number of nitrogens with zero attached hydrogens (tertiary/aromatic N) is 2. The molecule has 0 unspecified atom stereocenters. The van der Waals surface area contributed by atoms with Crippen LogP contribution in [0.4, 0.5) is 5.13 Å². The van der Waals surface area contributed by atoms with Gasteiger partial charge >= 0.3 is 0 Å². The smallest absolute Gasteiger partial charge is 0.203 e. The number of anilines is 1. The quantitative estimate of drug-likeness (QED) is 0.425. The van der Waals surface area contributed by atoms with E-state index in [0.717, 1.165) is 33.5 Å². The summed E-state index contributed by atoms with van der Waals surface area (Å²) in [5.41, 5.74) is 5.87. The van der Waals surface area contributed by atoms with Crippen molar-refractivity contribution in [3.63, 3.8) is 0 Å². The maximum atomic E-state index is 5.84. The number of hydrogen-bond acceptors (Lipinski definition) is 6. The van der Waals surface area contributed by atoms with Gasteiger partial charge in [-0.3, -0.25) is 5.43 Å². The van der Waals surface area contributed by atoms with Crippen LogP contribution in [0.5, 0.6) is 11.5 Å². The molecule has 0 aliphatic rings. The lowest BCUT2D eigenvalue weighted by molar-refractivity contribution is 0.271. The average molecular weight is 382 g/mol. The first-order chi connectivity index (χ1) is 13.2. The van der Waals surface area contributed by atoms with Gasteiger partial charge in [0.1, 0.15) is 11.5 Å². The molecule has 6 heteroatoms. The lowest BCUT2D eigenvalue weighted by atomic mass is 10.2. The first-order valence-corrected chi connectivity index (χ1v) is 9.64. The van der Waals surface area contributed by atoms with E-state index in [1.54, 1.807) is 13.3 Å². The molecule has 0 aliphatic heterocycles. The molecule has 0 bridgehead atoms. The van der Waals surface area contributed by atoms with Crippen molar-refractivity contribution in [1.29, 1.82) is 0 Å². The number of para-hydroxylation sites is 1. The van der Waals surface area contributed by atoms with Crippen molar-refractivity contribution in [2.45, 2.75) is 13.8 Å². The van der Waals surface area contributed by atoms with Gasteiger partial charge in [-0.25, -0.2) is 4.98 Å². The highest BCUT2D eigenvalue weighted by Crippen LogP contribution is 2.26. The van der Waals surface area contributed by atoms with Crippen molar-refractivity contribution < 1.29 is 9.47 Å². The van der Waals surface area contributed by atoms with Gasteiger partial charge in [0.25, 0.3) is 0 Å². The lowest BCUT2D eigenvalue weighted by Gasteiger charge is -2.10. The third-order valence-electron chi connectivity index (χ3n) is 3.74. The molecule has 3 rings (SSSR count). The predicted molar refractivity (Wildman–Crippen MR) is 112 cm³/mol. The molecule has 1 N–H and O–H groups in total. The standard InChI is InChI=1S/C21H23N3O2S/c1-15(2)13-26-20-7-5-4-6-17(20)12-22-24-21-23-19(14-27-21)16-8-10-18(25-3)11-9-16/h4-12,14-15H,13H2,1-3H3,(H,23,24)/b22-12-. The van der Waals surface area contributed by atoms with E-state index in [1.807, 2.05) is 53.9 Å². The second kappa shape index (κ2) is 9.19. The molecule has 140 valence electrons. The normalized spacial score (nSPS) is 11.1. The molecule has 0 saturated heterocycles. The van der Waals surface area contributed by atoms with Gasteiger partial charge in [0.05, 0.1) is 25.6 Å². The summed E-state index contributed by atoms with van der Waals surface area (Å²) in [6.45, 7) is 4.93. The summed E-state index contributed by atoms with van der Waals surface area (Å²) < 4.78 is 11.0. The molecule has 0 radical (unpaired) electrons. The zero-order valence-electron chi connectivity index (χ0n) is 15.7. The minimum atomic E-state index is 0.472. The van der Waals surface area contributed by atoms with Gasteiger partial charge in [-0.05, 0) is 42.3 Å². The number of aromatic nitrogens is 1. The van der Waals surface area contributed by atoms with Crippen molar-refractivity contribution in [3.05, 3.63) is 59.5 Å². The van der Waals surface area contributed by atoms with Crippen LogP contribution in [0.2, 0.25) is 0 Å². The van der Waals surface area contributed by atoms with Gasteiger partial charge in [0.2, 0.25) is 5.13 Å². The Hall–Kier alpha value is -2.86. The van der Waals surface area contributed by atoms with Crippen molar-refractivity contribution in [2.75, 3.05) is 19.1 Å². The van der Waals surface area contributed by atoms with E-state index in [1.165, 1.54) is 11.3 Å². The fourth-order valence-electron chi connectivity index (χ4n) is 2.35. The number of hydrogen-bond donors (Lipinski definition) is 1. The Morgan fingerprint density at radius 2 is 1.93 bits per heavy atom. The minimum absolute atomic E-state index is 0.472. The lowest BCUT2D eigenvalue weighted by Crippen LogP contribution is -2.06. The zero-order valence-corrected chi connectivity index (χ0v) is 16.5. The van der Waals surface area contributed by atoms with Crippen LogP contribution in [0, 0.1) is 5.92 Å². The molecule has 1 heterocycles. The van der Waals surface area contributed by atoms with Crippen LogP contribution < -0.4 is 14.9 Å². The predicted octanol–water partition coefficient (Wildman–Crippen LogP) is 5.30. The third-order valence-corrected chi connectivity index (χ3v) is 4.49. The van der Waals surface area contributed by atoms with Crippen LogP contribution in [0.15, 0.2) is 59.0 Å². The summed E-state index contributed by atoms with van der Waals surface area (Å²) in [6.07, 6.45) is 1.75. The van der Waals surface area contributed by atoms with E-state index in [9.17, 15) is 0 Å². The van der Waals surface area contributed by atoms with Crippen LogP contribution in [0.25, 0.3) is 11.3 Å². The number of thiazole rings is 1. The van der Waals surface area contributed by atoms with Gasteiger partial charge in [0, 0.05) is 16.5 Å². The Morgan fingerprint density at radius 3 is 2.67 bits per heavy atom. The molecule has 3 aromatic rings. The molecule has 0 saturated carbocycles. The molecular formula is C21H23N3O2S. The number of methoxy groups -OCH3 is 1. The molecule has 27 heavy (non-hydrogen) atoms. The molecule has 0 atom stereocenters. The van der Waals surface area contributed by atoms with E-state index >= 15 is 0 Å². The molecule has 1 aromatic heterocycles. The summed E-state index contributed by atoms with van der Waals surface area (Å²) in [7, 11) is 1.66. The summed E-state index contributed by atoms with van der Waals surface area (Å²) in [5, 5.41) is 7.04. The number of hydrazone groups is 1. The van der Waals surface area contributed by atoms with Crippen LogP contribution in [-0.4, -0.2) is 24.9 Å². The van der Waals surface area contributed by atoms with E-state index < -0.39 is 0 Å². The second-order valence-corrected chi connectivity index (χ2v) is 7.24. The SMILES string of the molecule is COc1ccc(-c2csc(N/N=C\c3ccccc3OCC(C)C)n2)cc1. The second-order valence-electron chi connectivity index (χ2n) is 6.38. The Kier molecular flexibility index (Phi) is 6.44.